The topological polar surface area (TPSA) is 52.9 Å². The standard InChI is InChI=1S/C14H16BrFN2O2/c1-2-9-8-18(6-5-13(9)17-20)14(19)10-3-4-11(15)12(16)7-10/h3-4,7,9,20H,2,5-6,8H2,1H3/b17-13+. The highest BCUT2D eigenvalue weighted by atomic mass is 79.9. The van der Waals surface area contributed by atoms with Crippen LogP contribution in [0.3, 0.4) is 0 Å². The van der Waals surface area contributed by atoms with Gasteiger partial charge in [-0.2, -0.15) is 0 Å². The number of hydrogen-bond acceptors (Lipinski definition) is 3. The zero-order valence-electron chi connectivity index (χ0n) is 11.1. The van der Waals surface area contributed by atoms with Crippen LogP contribution in [-0.4, -0.2) is 34.8 Å². The van der Waals surface area contributed by atoms with Gasteiger partial charge in [0.1, 0.15) is 5.82 Å². The summed E-state index contributed by atoms with van der Waals surface area (Å²) in [5.74, 6) is -0.567. The van der Waals surface area contributed by atoms with Crippen molar-refractivity contribution in [2.45, 2.75) is 19.8 Å². The second-order valence-corrected chi connectivity index (χ2v) is 5.68. The Morgan fingerprint density at radius 1 is 1.60 bits per heavy atom. The molecule has 0 bridgehead atoms. The SMILES string of the molecule is CCC1CN(C(=O)c2ccc(Br)c(F)c2)CC/C1=N\O. The second kappa shape index (κ2) is 6.35. The summed E-state index contributed by atoms with van der Waals surface area (Å²) in [5, 5.41) is 12.2. The highest BCUT2D eigenvalue weighted by Crippen LogP contribution is 2.21. The summed E-state index contributed by atoms with van der Waals surface area (Å²) in [7, 11) is 0. The lowest BCUT2D eigenvalue weighted by Gasteiger charge is -2.32. The number of oxime groups is 1. The Bertz CT molecular complexity index is 548. The van der Waals surface area contributed by atoms with Crippen LogP contribution in [0.15, 0.2) is 27.8 Å². The van der Waals surface area contributed by atoms with Gasteiger partial charge >= 0.3 is 0 Å². The van der Waals surface area contributed by atoms with Crippen molar-refractivity contribution in [3.63, 3.8) is 0 Å². The lowest BCUT2D eigenvalue weighted by atomic mass is 9.93. The lowest BCUT2D eigenvalue weighted by Crippen LogP contribution is -2.44. The zero-order valence-corrected chi connectivity index (χ0v) is 12.7. The maximum absolute atomic E-state index is 13.5. The van der Waals surface area contributed by atoms with E-state index in [0.29, 0.717) is 29.5 Å². The summed E-state index contributed by atoms with van der Waals surface area (Å²) in [4.78, 5) is 14.0. The van der Waals surface area contributed by atoms with Crippen LogP contribution in [-0.2, 0) is 0 Å². The van der Waals surface area contributed by atoms with E-state index in [1.165, 1.54) is 12.1 Å². The van der Waals surface area contributed by atoms with Gasteiger partial charge in [0.15, 0.2) is 0 Å². The lowest BCUT2D eigenvalue weighted by molar-refractivity contribution is 0.0728. The van der Waals surface area contributed by atoms with E-state index in [9.17, 15) is 9.18 Å². The van der Waals surface area contributed by atoms with Gasteiger partial charge in [-0.05, 0) is 40.5 Å². The first-order valence-electron chi connectivity index (χ1n) is 6.52. The average Bonchev–Trinajstić information content (AvgIpc) is 2.48. The molecule has 0 spiro atoms. The number of hydrogen-bond donors (Lipinski definition) is 1. The summed E-state index contributed by atoms with van der Waals surface area (Å²) < 4.78 is 13.8. The predicted octanol–water partition coefficient (Wildman–Crippen LogP) is 3.29. The first kappa shape index (κ1) is 15.0. The fourth-order valence-corrected chi connectivity index (χ4v) is 2.66. The van der Waals surface area contributed by atoms with E-state index >= 15 is 0 Å². The first-order chi connectivity index (χ1) is 9.56. The minimum absolute atomic E-state index is 0.0676. The highest BCUT2D eigenvalue weighted by molar-refractivity contribution is 9.10. The maximum Gasteiger partial charge on any atom is 0.253 e. The molecular formula is C14H16BrFN2O2. The van der Waals surface area contributed by atoms with Crippen molar-refractivity contribution in [2.75, 3.05) is 13.1 Å². The van der Waals surface area contributed by atoms with E-state index in [1.807, 2.05) is 6.92 Å². The summed E-state index contributed by atoms with van der Waals surface area (Å²) in [6, 6.07) is 4.37. The zero-order chi connectivity index (χ0) is 14.7. The van der Waals surface area contributed by atoms with Crippen molar-refractivity contribution in [2.24, 2.45) is 11.1 Å². The van der Waals surface area contributed by atoms with Crippen molar-refractivity contribution in [1.29, 1.82) is 0 Å². The molecule has 0 radical (unpaired) electrons. The molecule has 1 unspecified atom stereocenters. The number of rotatable bonds is 2. The number of carbonyl (C=O) groups is 1. The molecule has 4 nitrogen and oxygen atoms in total. The Labute approximate surface area is 125 Å². The van der Waals surface area contributed by atoms with Gasteiger partial charge in [-0.3, -0.25) is 4.79 Å². The minimum Gasteiger partial charge on any atom is -0.411 e. The first-order valence-corrected chi connectivity index (χ1v) is 7.31. The third-order valence-electron chi connectivity index (χ3n) is 3.62. The highest BCUT2D eigenvalue weighted by Gasteiger charge is 2.28. The molecule has 6 heteroatoms. The average molecular weight is 343 g/mol. The molecule has 2 rings (SSSR count). The van der Waals surface area contributed by atoms with E-state index in [0.717, 1.165) is 12.1 Å². The van der Waals surface area contributed by atoms with E-state index < -0.39 is 5.82 Å². The molecule has 1 aromatic carbocycles. The number of halogens is 2. The number of benzene rings is 1. The molecule has 1 aliphatic heterocycles. The van der Waals surface area contributed by atoms with E-state index in [1.54, 1.807) is 11.0 Å². The van der Waals surface area contributed by atoms with Crippen molar-refractivity contribution in [3.8, 4) is 0 Å². The van der Waals surface area contributed by atoms with Crippen LogP contribution in [0, 0.1) is 11.7 Å². The number of nitrogens with zero attached hydrogens (tertiary/aromatic N) is 2. The molecule has 20 heavy (non-hydrogen) atoms. The second-order valence-electron chi connectivity index (χ2n) is 4.83. The monoisotopic (exact) mass is 342 g/mol. The molecule has 0 aliphatic carbocycles. The van der Waals surface area contributed by atoms with Gasteiger partial charge in [-0.15, -0.1) is 0 Å². The van der Waals surface area contributed by atoms with Gasteiger partial charge in [-0.1, -0.05) is 12.1 Å². The van der Waals surface area contributed by atoms with Crippen LogP contribution < -0.4 is 0 Å². The Hall–Kier alpha value is -1.43. The van der Waals surface area contributed by atoms with Crippen molar-refractivity contribution in [3.05, 3.63) is 34.1 Å². The molecule has 1 heterocycles. The van der Waals surface area contributed by atoms with E-state index in [4.69, 9.17) is 5.21 Å². The van der Waals surface area contributed by atoms with Gasteiger partial charge in [0.2, 0.25) is 0 Å². The van der Waals surface area contributed by atoms with Crippen LogP contribution in [0.2, 0.25) is 0 Å². The van der Waals surface area contributed by atoms with Crippen LogP contribution in [0.1, 0.15) is 30.1 Å². The molecule has 1 fully saturated rings. The molecule has 1 amide bonds. The van der Waals surface area contributed by atoms with Gasteiger partial charge in [-0.25, -0.2) is 4.39 Å². The Morgan fingerprint density at radius 3 is 2.95 bits per heavy atom. The van der Waals surface area contributed by atoms with Crippen molar-refractivity contribution in [1.82, 2.24) is 4.90 Å². The molecule has 108 valence electrons. The maximum atomic E-state index is 13.5. The molecular weight excluding hydrogens is 327 g/mol. The molecule has 1 N–H and O–H groups in total. The third kappa shape index (κ3) is 3.00. The van der Waals surface area contributed by atoms with E-state index in [-0.39, 0.29) is 11.8 Å². The van der Waals surface area contributed by atoms with Crippen LogP contribution in [0.25, 0.3) is 0 Å². The summed E-state index contributed by atoms with van der Waals surface area (Å²) >= 11 is 3.07. The van der Waals surface area contributed by atoms with Gasteiger partial charge < -0.3 is 10.1 Å². The molecule has 1 aliphatic rings. The van der Waals surface area contributed by atoms with Crippen LogP contribution in [0.5, 0.6) is 0 Å². The smallest absolute Gasteiger partial charge is 0.253 e. The summed E-state index contributed by atoms with van der Waals surface area (Å²) in [6.45, 7) is 2.99. The quantitative estimate of drug-likeness (QED) is 0.662. The normalized spacial score (nSPS) is 21.2. The molecule has 0 saturated carbocycles. The van der Waals surface area contributed by atoms with Gasteiger partial charge in [0.05, 0.1) is 10.2 Å². The Balaban J connectivity index is 2.15. The Kier molecular flexibility index (Phi) is 4.75. The molecule has 0 aromatic heterocycles. The van der Waals surface area contributed by atoms with Gasteiger partial charge in [0, 0.05) is 31.0 Å². The number of amides is 1. The molecule has 1 aromatic rings. The summed E-state index contributed by atoms with van der Waals surface area (Å²) in [6.07, 6.45) is 1.36. The Morgan fingerprint density at radius 2 is 2.35 bits per heavy atom. The number of carbonyl (C=O) groups excluding carboxylic acids is 1. The van der Waals surface area contributed by atoms with Gasteiger partial charge in [0.25, 0.3) is 5.91 Å². The minimum atomic E-state index is -0.447. The molecule has 1 saturated heterocycles. The van der Waals surface area contributed by atoms with E-state index in [2.05, 4.69) is 21.1 Å². The third-order valence-corrected chi connectivity index (χ3v) is 4.27. The fraction of sp³-hybridized carbons (Fsp3) is 0.429. The largest absolute Gasteiger partial charge is 0.411 e. The number of piperidine rings is 1. The predicted molar refractivity (Wildman–Crippen MR) is 77.6 cm³/mol. The van der Waals surface area contributed by atoms with Crippen LogP contribution >= 0.6 is 15.9 Å². The summed E-state index contributed by atoms with van der Waals surface area (Å²) in [5.41, 5.74) is 1.07. The number of likely N-dealkylation sites (tertiary alicyclic amines) is 1. The fourth-order valence-electron chi connectivity index (χ4n) is 2.41. The van der Waals surface area contributed by atoms with Crippen molar-refractivity contribution >= 4 is 27.5 Å². The van der Waals surface area contributed by atoms with Crippen molar-refractivity contribution < 1.29 is 14.4 Å². The van der Waals surface area contributed by atoms with Crippen LogP contribution in [0.4, 0.5) is 4.39 Å². The molecule has 1 atom stereocenters.